The smallest absolute Gasteiger partial charge is 0.326 e. The Labute approximate surface area is 115 Å². The van der Waals surface area contributed by atoms with Gasteiger partial charge in [-0.2, -0.15) is 0 Å². The third kappa shape index (κ3) is 2.29. The van der Waals surface area contributed by atoms with Gasteiger partial charge in [0.15, 0.2) is 11.5 Å². The van der Waals surface area contributed by atoms with E-state index in [1.54, 1.807) is 18.2 Å². The van der Waals surface area contributed by atoms with Crippen molar-refractivity contribution in [2.75, 3.05) is 13.3 Å². The van der Waals surface area contributed by atoms with E-state index in [2.05, 4.69) is 0 Å². The molecule has 2 heterocycles. The lowest BCUT2D eigenvalue weighted by Crippen LogP contribution is -2.41. The molecule has 106 valence electrons. The Morgan fingerprint density at radius 3 is 2.90 bits per heavy atom. The number of ether oxygens (including phenoxy) is 2. The Morgan fingerprint density at radius 1 is 1.30 bits per heavy atom. The average molecular weight is 277 g/mol. The molecule has 0 aromatic heterocycles. The van der Waals surface area contributed by atoms with Gasteiger partial charge in [0, 0.05) is 6.54 Å². The molecule has 0 unspecified atom stereocenters. The number of carboxylic acid groups (broad SMARTS) is 1. The van der Waals surface area contributed by atoms with Crippen LogP contribution in [0, 0.1) is 0 Å². The van der Waals surface area contributed by atoms with Crippen LogP contribution < -0.4 is 9.47 Å². The maximum atomic E-state index is 12.2. The molecular formula is C14H15NO5. The molecule has 1 aromatic rings. The van der Waals surface area contributed by atoms with E-state index >= 15 is 0 Å². The Bertz CT molecular complexity index is 556. The summed E-state index contributed by atoms with van der Waals surface area (Å²) >= 11 is 0. The molecule has 0 spiro atoms. The number of aliphatic carboxylic acids is 1. The summed E-state index contributed by atoms with van der Waals surface area (Å²) in [5.74, 6) is 0.215. The second-order valence-corrected chi connectivity index (χ2v) is 4.95. The molecule has 0 saturated carbocycles. The van der Waals surface area contributed by atoms with Crippen LogP contribution in [0.2, 0.25) is 0 Å². The lowest BCUT2D eigenvalue weighted by atomic mass is 10.1. The summed E-state index contributed by atoms with van der Waals surface area (Å²) in [6, 6.07) is 4.66. The molecule has 3 rings (SSSR count). The van der Waals surface area contributed by atoms with Crippen LogP contribution in [0.3, 0.4) is 0 Å². The summed E-state index contributed by atoms with van der Waals surface area (Å²) in [6.07, 6.45) is 1.45. The number of carbonyl (C=O) groups excluding carboxylic acids is 1. The fraction of sp³-hybridized carbons (Fsp3) is 0.429. The molecule has 6 heteroatoms. The van der Waals surface area contributed by atoms with Crippen molar-refractivity contribution in [1.29, 1.82) is 0 Å². The quantitative estimate of drug-likeness (QED) is 0.893. The van der Waals surface area contributed by atoms with Gasteiger partial charge in [-0.15, -0.1) is 0 Å². The second-order valence-electron chi connectivity index (χ2n) is 4.95. The summed E-state index contributed by atoms with van der Waals surface area (Å²) in [4.78, 5) is 24.8. The van der Waals surface area contributed by atoms with Crippen LogP contribution in [-0.2, 0) is 16.0 Å². The average Bonchev–Trinajstić information content (AvgIpc) is 3.06. The van der Waals surface area contributed by atoms with E-state index in [0.29, 0.717) is 24.5 Å². The number of likely N-dealkylation sites (tertiary alicyclic amines) is 1. The molecule has 0 aliphatic carbocycles. The predicted octanol–water partition coefficient (Wildman–Crippen LogP) is 1.03. The molecule has 1 atom stereocenters. The van der Waals surface area contributed by atoms with Crippen molar-refractivity contribution >= 4 is 11.9 Å². The number of fused-ring (bicyclic) bond motifs is 1. The summed E-state index contributed by atoms with van der Waals surface area (Å²) in [5, 5.41) is 9.10. The van der Waals surface area contributed by atoms with Crippen molar-refractivity contribution in [2.45, 2.75) is 25.3 Å². The van der Waals surface area contributed by atoms with Gasteiger partial charge < -0.3 is 19.5 Å². The minimum Gasteiger partial charge on any atom is -0.480 e. The van der Waals surface area contributed by atoms with Crippen LogP contribution in [0.5, 0.6) is 11.5 Å². The number of carboxylic acids is 1. The minimum absolute atomic E-state index is 0.159. The lowest BCUT2D eigenvalue weighted by Gasteiger charge is -2.21. The van der Waals surface area contributed by atoms with Gasteiger partial charge in [0.25, 0.3) is 0 Å². The summed E-state index contributed by atoms with van der Waals surface area (Å²) in [7, 11) is 0. The number of hydrogen-bond donors (Lipinski definition) is 1. The highest BCUT2D eigenvalue weighted by molar-refractivity contribution is 5.85. The van der Waals surface area contributed by atoms with Crippen molar-refractivity contribution in [2.24, 2.45) is 0 Å². The molecule has 20 heavy (non-hydrogen) atoms. The van der Waals surface area contributed by atoms with E-state index < -0.39 is 12.0 Å². The standard InChI is InChI=1S/C14H15NO5/c16-13(15-5-1-2-10(15)14(17)18)7-9-3-4-11-12(6-9)20-8-19-11/h3-4,6,10H,1-2,5,7-8H2,(H,17,18)/t10-/m1/s1. The first-order chi connectivity index (χ1) is 9.65. The number of amides is 1. The first-order valence-electron chi connectivity index (χ1n) is 6.56. The molecule has 0 radical (unpaired) electrons. The van der Waals surface area contributed by atoms with Crippen LogP contribution in [0.15, 0.2) is 18.2 Å². The van der Waals surface area contributed by atoms with Crippen molar-refractivity contribution in [3.05, 3.63) is 23.8 Å². The van der Waals surface area contributed by atoms with E-state index in [0.717, 1.165) is 12.0 Å². The third-order valence-corrected chi connectivity index (χ3v) is 3.65. The second kappa shape index (κ2) is 5.03. The molecule has 1 fully saturated rings. The maximum Gasteiger partial charge on any atom is 0.326 e. The van der Waals surface area contributed by atoms with E-state index in [1.807, 2.05) is 0 Å². The molecule has 1 N–H and O–H groups in total. The lowest BCUT2D eigenvalue weighted by molar-refractivity contribution is -0.148. The summed E-state index contributed by atoms with van der Waals surface area (Å²) < 4.78 is 10.5. The Morgan fingerprint density at radius 2 is 2.10 bits per heavy atom. The van der Waals surface area contributed by atoms with E-state index in [4.69, 9.17) is 14.6 Å². The van der Waals surface area contributed by atoms with Gasteiger partial charge >= 0.3 is 5.97 Å². The predicted molar refractivity (Wildman–Crippen MR) is 68.6 cm³/mol. The highest BCUT2D eigenvalue weighted by Gasteiger charge is 2.33. The maximum absolute atomic E-state index is 12.2. The fourth-order valence-electron chi connectivity index (χ4n) is 2.65. The zero-order valence-electron chi connectivity index (χ0n) is 10.9. The number of carbonyl (C=O) groups is 2. The van der Waals surface area contributed by atoms with Crippen molar-refractivity contribution < 1.29 is 24.2 Å². The first kappa shape index (κ1) is 12.8. The fourth-order valence-corrected chi connectivity index (χ4v) is 2.65. The van der Waals surface area contributed by atoms with Gasteiger partial charge in [-0.1, -0.05) is 6.07 Å². The van der Waals surface area contributed by atoms with Gasteiger partial charge in [0.1, 0.15) is 6.04 Å². The normalized spacial score (nSPS) is 20.2. The molecule has 0 bridgehead atoms. The van der Waals surface area contributed by atoms with Crippen LogP contribution in [0.25, 0.3) is 0 Å². The van der Waals surface area contributed by atoms with Gasteiger partial charge in [-0.05, 0) is 30.5 Å². The van der Waals surface area contributed by atoms with Crippen LogP contribution >= 0.6 is 0 Å². The molecule has 2 aliphatic rings. The van der Waals surface area contributed by atoms with Crippen molar-refractivity contribution in [3.63, 3.8) is 0 Å². The Balaban J connectivity index is 1.71. The van der Waals surface area contributed by atoms with Crippen LogP contribution in [0.4, 0.5) is 0 Å². The molecular weight excluding hydrogens is 262 g/mol. The van der Waals surface area contributed by atoms with Crippen LogP contribution in [0.1, 0.15) is 18.4 Å². The molecule has 2 aliphatic heterocycles. The Kier molecular flexibility index (Phi) is 3.22. The SMILES string of the molecule is O=C(O)[C@H]1CCCN1C(=O)Cc1ccc2c(c1)OCO2. The largest absolute Gasteiger partial charge is 0.480 e. The summed E-state index contributed by atoms with van der Waals surface area (Å²) in [5.41, 5.74) is 0.801. The number of benzene rings is 1. The van der Waals surface area contributed by atoms with Crippen molar-refractivity contribution in [1.82, 2.24) is 4.90 Å². The van der Waals surface area contributed by atoms with Crippen molar-refractivity contribution in [3.8, 4) is 11.5 Å². The van der Waals surface area contributed by atoms with Gasteiger partial charge in [0.2, 0.25) is 12.7 Å². The Hall–Kier alpha value is -2.24. The molecule has 1 saturated heterocycles. The van der Waals surface area contributed by atoms with Gasteiger partial charge in [-0.3, -0.25) is 4.79 Å². The summed E-state index contributed by atoms with van der Waals surface area (Å²) in [6.45, 7) is 0.709. The minimum atomic E-state index is -0.929. The number of rotatable bonds is 3. The topological polar surface area (TPSA) is 76.1 Å². The first-order valence-corrected chi connectivity index (χ1v) is 6.56. The zero-order valence-corrected chi connectivity index (χ0v) is 10.9. The van der Waals surface area contributed by atoms with Crippen LogP contribution in [-0.4, -0.2) is 41.3 Å². The molecule has 1 aromatic carbocycles. The highest BCUT2D eigenvalue weighted by atomic mass is 16.7. The van der Waals surface area contributed by atoms with E-state index in [-0.39, 0.29) is 19.1 Å². The number of hydrogen-bond acceptors (Lipinski definition) is 4. The highest BCUT2D eigenvalue weighted by Crippen LogP contribution is 2.32. The van der Waals surface area contributed by atoms with Gasteiger partial charge in [-0.25, -0.2) is 4.79 Å². The molecule has 1 amide bonds. The van der Waals surface area contributed by atoms with Gasteiger partial charge in [0.05, 0.1) is 6.42 Å². The molecule has 6 nitrogen and oxygen atoms in total. The zero-order chi connectivity index (χ0) is 14.1. The third-order valence-electron chi connectivity index (χ3n) is 3.65. The number of nitrogens with zero attached hydrogens (tertiary/aromatic N) is 1. The van der Waals surface area contributed by atoms with E-state index in [9.17, 15) is 9.59 Å². The van der Waals surface area contributed by atoms with E-state index in [1.165, 1.54) is 4.90 Å². The monoisotopic (exact) mass is 277 g/mol.